The fraction of sp³-hybridized carbons (Fsp3) is 0.400. The van der Waals surface area contributed by atoms with E-state index in [0.29, 0.717) is 12.4 Å². The van der Waals surface area contributed by atoms with E-state index in [1.165, 1.54) is 0 Å². The Labute approximate surface area is 81.4 Å². The van der Waals surface area contributed by atoms with Crippen molar-refractivity contribution in [1.29, 1.82) is 0 Å². The monoisotopic (exact) mass is 198 g/mol. The first-order chi connectivity index (χ1) is 6.29. The third-order valence-corrected chi connectivity index (χ3v) is 3.19. The molecule has 0 spiro atoms. The summed E-state index contributed by atoms with van der Waals surface area (Å²) in [5.74, 6) is 0.653. The van der Waals surface area contributed by atoms with Gasteiger partial charge in [-0.1, -0.05) is 25.1 Å². The zero-order valence-electron chi connectivity index (χ0n) is 7.95. The van der Waals surface area contributed by atoms with Crippen molar-refractivity contribution in [3.05, 3.63) is 29.8 Å². The molecule has 1 rings (SSSR count). The van der Waals surface area contributed by atoms with Crippen LogP contribution in [0.15, 0.2) is 29.2 Å². The Morgan fingerprint density at radius 2 is 2.08 bits per heavy atom. The summed E-state index contributed by atoms with van der Waals surface area (Å²) in [6.45, 7) is 2.45. The van der Waals surface area contributed by atoms with Crippen LogP contribution in [-0.4, -0.2) is 17.1 Å². The fourth-order valence-corrected chi connectivity index (χ4v) is 2.12. The lowest BCUT2D eigenvalue weighted by Gasteiger charge is -2.06. The van der Waals surface area contributed by atoms with Gasteiger partial charge in [0, 0.05) is 17.8 Å². The zero-order chi connectivity index (χ0) is 9.68. The lowest BCUT2D eigenvalue weighted by atomic mass is 10.2. The Bertz CT molecular complexity index is 297. The van der Waals surface area contributed by atoms with E-state index < -0.39 is 10.8 Å². The summed E-state index contributed by atoms with van der Waals surface area (Å²) >= 11 is 0. The van der Waals surface area contributed by atoms with E-state index in [1.54, 1.807) is 7.11 Å². The van der Waals surface area contributed by atoms with E-state index in [1.807, 2.05) is 31.2 Å². The summed E-state index contributed by atoms with van der Waals surface area (Å²) in [5, 5.41) is 0. The highest BCUT2D eigenvalue weighted by Gasteiger charge is 2.06. The van der Waals surface area contributed by atoms with Crippen molar-refractivity contribution in [1.82, 2.24) is 0 Å². The first kappa shape index (κ1) is 10.4. The lowest BCUT2D eigenvalue weighted by molar-refractivity contribution is 0.183. The Morgan fingerprint density at radius 3 is 2.69 bits per heavy atom. The van der Waals surface area contributed by atoms with Crippen molar-refractivity contribution in [3.8, 4) is 0 Å². The van der Waals surface area contributed by atoms with Crippen LogP contribution in [0.5, 0.6) is 0 Å². The average molecular weight is 198 g/mol. The van der Waals surface area contributed by atoms with Gasteiger partial charge in [0.1, 0.15) is 0 Å². The van der Waals surface area contributed by atoms with E-state index >= 15 is 0 Å². The minimum Gasteiger partial charge on any atom is -0.380 e. The lowest BCUT2D eigenvalue weighted by Crippen LogP contribution is -2.00. The second-order valence-electron chi connectivity index (χ2n) is 2.67. The van der Waals surface area contributed by atoms with E-state index in [2.05, 4.69) is 0 Å². The van der Waals surface area contributed by atoms with Crippen molar-refractivity contribution in [2.24, 2.45) is 0 Å². The van der Waals surface area contributed by atoms with Crippen LogP contribution in [-0.2, 0) is 22.1 Å². The topological polar surface area (TPSA) is 26.3 Å². The van der Waals surface area contributed by atoms with Crippen molar-refractivity contribution in [2.45, 2.75) is 18.4 Å². The van der Waals surface area contributed by atoms with Crippen LogP contribution in [0, 0.1) is 0 Å². The molecule has 0 aliphatic heterocycles. The molecule has 0 aliphatic carbocycles. The van der Waals surface area contributed by atoms with Crippen molar-refractivity contribution < 1.29 is 8.95 Å². The van der Waals surface area contributed by atoms with E-state index in [4.69, 9.17) is 4.74 Å². The van der Waals surface area contributed by atoms with E-state index in [-0.39, 0.29) is 0 Å². The molecule has 13 heavy (non-hydrogen) atoms. The molecule has 0 fully saturated rings. The molecular formula is C10H14O2S. The molecule has 0 saturated carbocycles. The SMILES string of the molecule is CCS(=O)c1ccccc1COC. The highest BCUT2D eigenvalue weighted by molar-refractivity contribution is 7.85. The molecule has 1 aromatic carbocycles. The first-order valence-corrected chi connectivity index (χ1v) is 5.56. The number of rotatable bonds is 4. The number of hydrogen-bond donors (Lipinski definition) is 0. The minimum absolute atomic E-state index is 0.530. The summed E-state index contributed by atoms with van der Waals surface area (Å²) in [6, 6.07) is 7.69. The van der Waals surface area contributed by atoms with Crippen LogP contribution < -0.4 is 0 Å². The summed E-state index contributed by atoms with van der Waals surface area (Å²) in [6.07, 6.45) is 0. The summed E-state index contributed by atoms with van der Waals surface area (Å²) in [4.78, 5) is 0.895. The second kappa shape index (κ2) is 5.14. The van der Waals surface area contributed by atoms with E-state index in [0.717, 1.165) is 10.5 Å². The summed E-state index contributed by atoms with van der Waals surface area (Å²) in [7, 11) is 0.761. The Kier molecular flexibility index (Phi) is 4.12. The number of ether oxygens (including phenoxy) is 1. The third-order valence-electron chi connectivity index (χ3n) is 1.78. The molecule has 1 atom stereocenters. The smallest absolute Gasteiger partial charge is 0.0724 e. The van der Waals surface area contributed by atoms with Crippen LogP contribution >= 0.6 is 0 Å². The predicted molar refractivity (Wildman–Crippen MR) is 54.1 cm³/mol. The van der Waals surface area contributed by atoms with Crippen LogP contribution in [0.25, 0.3) is 0 Å². The molecule has 0 aliphatic rings. The molecule has 1 aromatic rings. The maximum absolute atomic E-state index is 11.6. The van der Waals surface area contributed by atoms with Gasteiger partial charge in [-0.3, -0.25) is 4.21 Å². The predicted octanol–water partition coefficient (Wildman–Crippen LogP) is 1.96. The number of benzene rings is 1. The molecule has 0 N–H and O–H groups in total. The highest BCUT2D eigenvalue weighted by atomic mass is 32.2. The quantitative estimate of drug-likeness (QED) is 0.739. The van der Waals surface area contributed by atoms with Crippen LogP contribution in [0.2, 0.25) is 0 Å². The maximum Gasteiger partial charge on any atom is 0.0724 e. The van der Waals surface area contributed by atoms with Gasteiger partial charge in [0.2, 0.25) is 0 Å². The van der Waals surface area contributed by atoms with Gasteiger partial charge in [-0.2, -0.15) is 0 Å². The highest BCUT2D eigenvalue weighted by Crippen LogP contribution is 2.14. The van der Waals surface area contributed by atoms with Crippen LogP contribution in [0.4, 0.5) is 0 Å². The van der Waals surface area contributed by atoms with Gasteiger partial charge in [0.25, 0.3) is 0 Å². The molecule has 0 saturated heterocycles. The van der Waals surface area contributed by atoms with Gasteiger partial charge in [-0.15, -0.1) is 0 Å². The Balaban J connectivity index is 2.97. The summed E-state index contributed by atoms with van der Waals surface area (Å²) < 4.78 is 16.6. The van der Waals surface area contributed by atoms with Crippen LogP contribution in [0.1, 0.15) is 12.5 Å². The number of methoxy groups -OCH3 is 1. The molecule has 72 valence electrons. The van der Waals surface area contributed by atoms with Gasteiger partial charge in [0.15, 0.2) is 0 Å². The van der Waals surface area contributed by atoms with Gasteiger partial charge in [-0.25, -0.2) is 0 Å². The van der Waals surface area contributed by atoms with Crippen molar-refractivity contribution in [3.63, 3.8) is 0 Å². The molecule has 3 heteroatoms. The average Bonchev–Trinajstić information content (AvgIpc) is 2.18. The first-order valence-electron chi connectivity index (χ1n) is 4.24. The summed E-state index contributed by atoms with van der Waals surface area (Å²) in [5.41, 5.74) is 1.02. The van der Waals surface area contributed by atoms with Gasteiger partial charge in [-0.05, 0) is 11.6 Å². The van der Waals surface area contributed by atoms with Gasteiger partial charge >= 0.3 is 0 Å². The minimum atomic E-state index is -0.883. The Morgan fingerprint density at radius 1 is 1.38 bits per heavy atom. The molecule has 0 aromatic heterocycles. The standard InChI is InChI=1S/C10H14O2S/c1-3-13(11)10-7-5-4-6-9(10)8-12-2/h4-7H,3,8H2,1-2H3. The number of hydrogen-bond acceptors (Lipinski definition) is 2. The van der Waals surface area contributed by atoms with Crippen molar-refractivity contribution in [2.75, 3.05) is 12.9 Å². The van der Waals surface area contributed by atoms with Gasteiger partial charge < -0.3 is 4.74 Å². The molecule has 0 amide bonds. The molecule has 0 radical (unpaired) electrons. The van der Waals surface area contributed by atoms with Crippen LogP contribution in [0.3, 0.4) is 0 Å². The molecule has 0 heterocycles. The maximum atomic E-state index is 11.6. The largest absolute Gasteiger partial charge is 0.380 e. The van der Waals surface area contributed by atoms with Gasteiger partial charge in [0.05, 0.1) is 17.4 Å². The molecule has 2 nitrogen and oxygen atoms in total. The molecular weight excluding hydrogens is 184 g/mol. The Hall–Kier alpha value is -0.670. The fourth-order valence-electron chi connectivity index (χ4n) is 1.16. The van der Waals surface area contributed by atoms with E-state index in [9.17, 15) is 4.21 Å². The molecule has 0 bridgehead atoms. The zero-order valence-corrected chi connectivity index (χ0v) is 8.76. The normalized spacial score (nSPS) is 12.8. The molecule has 1 unspecified atom stereocenters. The second-order valence-corrected chi connectivity index (χ2v) is 4.38. The van der Waals surface area contributed by atoms with Crippen molar-refractivity contribution >= 4 is 10.8 Å². The third kappa shape index (κ3) is 2.64.